The van der Waals surface area contributed by atoms with E-state index in [1.165, 1.54) is 4.88 Å². The Balaban J connectivity index is 2.07. The lowest BCUT2D eigenvalue weighted by Gasteiger charge is -2.12. The Kier molecular flexibility index (Phi) is 4.53. The van der Waals surface area contributed by atoms with Gasteiger partial charge in [-0.3, -0.25) is 0 Å². The molecule has 2 N–H and O–H groups in total. The number of nitrogens with zero attached hydrogens (tertiary/aromatic N) is 3. The Morgan fingerprint density at radius 1 is 1.50 bits per heavy atom. The van der Waals surface area contributed by atoms with Crippen LogP contribution in [0.4, 0.5) is 0 Å². The van der Waals surface area contributed by atoms with Crippen molar-refractivity contribution >= 4 is 27.3 Å². The Bertz CT molecular complexity index is 506. The van der Waals surface area contributed by atoms with Crippen molar-refractivity contribution in [3.8, 4) is 0 Å². The predicted molar refractivity (Wildman–Crippen MR) is 77.5 cm³/mol. The van der Waals surface area contributed by atoms with Crippen LogP contribution < -0.4 is 5.73 Å². The van der Waals surface area contributed by atoms with Gasteiger partial charge in [0.25, 0.3) is 0 Å². The van der Waals surface area contributed by atoms with E-state index in [0.717, 1.165) is 23.3 Å². The van der Waals surface area contributed by atoms with Gasteiger partial charge in [-0.15, -0.1) is 11.3 Å². The van der Waals surface area contributed by atoms with Gasteiger partial charge in [-0.1, -0.05) is 13.8 Å². The maximum atomic E-state index is 6.21. The van der Waals surface area contributed by atoms with Gasteiger partial charge in [0.2, 0.25) is 0 Å². The van der Waals surface area contributed by atoms with Gasteiger partial charge >= 0.3 is 0 Å². The lowest BCUT2D eigenvalue weighted by Crippen LogP contribution is -2.17. The number of thiophene rings is 1. The second-order valence-corrected chi connectivity index (χ2v) is 6.59. The third kappa shape index (κ3) is 3.40. The summed E-state index contributed by atoms with van der Waals surface area (Å²) >= 11 is 5.12. The number of hydrogen-bond acceptors (Lipinski definition) is 4. The summed E-state index contributed by atoms with van der Waals surface area (Å²) in [6.45, 7) is 5.22. The largest absolute Gasteiger partial charge is 0.323 e. The summed E-state index contributed by atoms with van der Waals surface area (Å²) in [7, 11) is 0. The summed E-state index contributed by atoms with van der Waals surface area (Å²) in [5, 5.41) is 6.30. The van der Waals surface area contributed by atoms with Crippen molar-refractivity contribution in [2.24, 2.45) is 11.7 Å². The van der Waals surface area contributed by atoms with Crippen LogP contribution in [-0.2, 0) is 13.0 Å². The van der Waals surface area contributed by atoms with Gasteiger partial charge in [0.1, 0.15) is 12.2 Å². The second kappa shape index (κ2) is 5.95. The first-order valence-electron chi connectivity index (χ1n) is 5.92. The average Bonchev–Trinajstić information content (AvgIpc) is 2.88. The first-order valence-corrected chi connectivity index (χ1v) is 7.59. The molecule has 98 valence electrons. The van der Waals surface area contributed by atoms with Crippen LogP contribution >= 0.6 is 27.3 Å². The topological polar surface area (TPSA) is 56.7 Å². The van der Waals surface area contributed by atoms with Gasteiger partial charge in [0.05, 0.1) is 0 Å². The van der Waals surface area contributed by atoms with Crippen LogP contribution in [0.1, 0.15) is 30.6 Å². The maximum Gasteiger partial charge on any atom is 0.138 e. The second-order valence-electron chi connectivity index (χ2n) is 4.73. The smallest absolute Gasteiger partial charge is 0.138 e. The van der Waals surface area contributed by atoms with Crippen LogP contribution in [0.15, 0.2) is 22.2 Å². The van der Waals surface area contributed by atoms with Crippen LogP contribution in [0.2, 0.25) is 0 Å². The van der Waals surface area contributed by atoms with E-state index in [1.54, 1.807) is 17.7 Å². The number of halogens is 1. The van der Waals surface area contributed by atoms with Crippen molar-refractivity contribution < 1.29 is 0 Å². The monoisotopic (exact) mass is 328 g/mol. The van der Waals surface area contributed by atoms with E-state index in [2.05, 4.69) is 45.9 Å². The third-order valence-electron chi connectivity index (χ3n) is 2.59. The minimum atomic E-state index is -0.0172. The molecule has 0 fully saturated rings. The van der Waals surface area contributed by atoms with Crippen molar-refractivity contribution in [3.63, 3.8) is 0 Å². The lowest BCUT2D eigenvalue weighted by molar-refractivity contribution is 0.460. The molecule has 6 heteroatoms. The first-order chi connectivity index (χ1) is 8.56. The number of rotatable bonds is 5. The number of nitrogens with two attached hydrogens (primary N) is 1. The van der Waals surface area contributed by atoms with Crippen molar-refractivity contribution in [1.82, 2.24) is 14.8 Å². The minimum Gasteiger partial charge on any atom is -0.323 e. The normalized spacial score (nSPS) is 13.2. The van der Waals surface area contributed by atoms with E-state index in [4.69, 9.17) is 5.73 Å². The molecule has 0 aliphatic carbocycles. The van der Waals surface area contributed by atoms with Gasteiger partial charge in [-0.25, -0.2) is 9.67 Å². The van der Waals surface area contributed by atoms with Crippen LogP contribution in [0.5, 0.6) is 0 Å². The Labute approximate surface area is 119 Å². The van der Waals surface area contributed by atoms with Crippen molar-refractivity contribution in [1.29, 1.82) is 0 Å². The predicted octanol–water partition coefficient (Wildman–Crippen LogP) is 3.00. The maximum absolute atomic E-state index is 6.21. The van der Waals surface area contributed by atoms with Gasteiger partial charge < -0.3 is 5.73 Å². The van der Waals surface area contributed by atoms with E-state index in [0.29, 0.717) is 5.92 Å². The molecule has 0 aliphatic rings. The standard InChI is InChI=1S/C12H17BrN4S/c1-8(2)5-17-12(15-7-16-17)4-10(14)11-3-9(13)6-18-11/h3,6-8,10H,4-5,14H2,1-2H3. The highest BCUT2D eigenvalue weighted by Gasteiger charge is 2.14. The van der Waals surface area contributed by atoms with E-state index in [-0.39, 0.29) is 6.04 Å². The molecule has 0 aliphatic heterocycles. The fraction of sp³-hybridized carbons (Fsp3) is 0.500. The van der Waals surface area contributed by atoms with E-state index in [1.807, 2.05) is 10.1 Å². The molecular formula is C12H17BrN4S. The molecule has 0 radical (unpaired) electrons. The molecule has 18 heavy (non-hydrogen) atoms. The fourth-order valence-corrected chi connectivity index (χ4v) is 3.21. The number of aromatic nitrogens is 3. The minimum absolute atomic E-state index is 0.0172. The van der Waals surface area contributed by atoms with Crippen molar-refractivity contribution in [2.75, 3.05) is 0 Å². The van der Waals surface area contributed by atoms with Gasteiger partial charge in [0.15, 0.2) is 0 Å². The summed E-state index contributed by atoms with van der Waals surface area (Å²) in [6, 6.07) is 2.05. The molecule has 2 aromatic heterocycles. The van der Waals surface area contributed by atoms with Gasteiger partial charge in [0, 0.05) is 33.7 Å². The van der Waals surface area contributed by atoms with Crippen LogP contribution in [0, 0.1) is 5.92 Å². The molecule has 4 nitrogen and oxygen atoms in total. The highest BCUT2D eigenvalue weighted by Crippen LogP contribution is 2.26. The Morgan fingerprint density at radius 3 is 2.89 bits per heavy atom. The van der Waals surface area contributed by atoms with Crippen LogP contribution in [0.25, 0.3) is 0 Å². The van der Waals surface area contributed by atoms with Crippen molar-refractivity contribution in [2.45, 2.75) is 32.9 Å². The molecule has 0 spiro atoms. The zero-order chi connectivity index (χ0) is 13.1. The molecule has 1 unspecified atom stereocenters. The van der Waals surface area contributed by atoms with E-state index in [9.17, 15) is 0 Å². The molecule has 2 rings (SSSR count). The molecule has 0 bridgehead atoms. The van der Waals surface area contributed by atoms with Crippen LogP contribution in [0.3, 0.4) is 0 Å². The van der Waals surface area contributed by atoms with Gasteiger partial charge in [-0.2, -0.15) is 5.10 Å². The molecule has 2 heterocycles. The highest BCUT2D eigenvalue weighted by atomic mass is 79.9. The summed E-state index contributed by atoms with van der Waals surface area (Å²) in [5.74, 6) is 1.51. The summed E-state index contributed by atoms with van der Waals surface area (Å²) < 4.78 is 3.04. The Morgan fingerprint density at radius 2 is 2.28 bits per heavy atom. The van der Waals surface area contributed by atoms with Crippen LogP contribution in [-0.4, -0.2) is 14.8 Å². The van der Waals surface area contributed by atoms with E-state index < -0.39 is 0 Å². The zero-order valence-electron chi connectivity index (χ0n) is 10.5. The highest BCUT2D eigenvalue weighted by molar-refractivity contribution is 9.10. The SMILES string of the molecule is CC(C)Cn1ncnc1CC(N)c1cc(Br)cs1. The van der Waals surface area contributed by atoms with Gasteiger partial charge in [-0.05, 0) is 27.9 Å². The molecule has 0 saturated heterocycles. The molecule has 0 saturated carbocycles. The van der Waals surface area contributed by atoms with Crippen molar-refractivity contribution in [3.05, 3.63) is 32.9 Å². The molecular weight excluding hydrogens is 312 g/mol. The summed E-state index contributed by atoms with van der Waals surface area (Å²) in [5.41, 5.74) is 6.21. The zero-order valence-corrected chi connectivity index (χ0v) is 12.9. The number of hydrogen-bond donors (Lipinski definition) is 1. The summed E-state index contributed by atoms with van der Waals surface area (Å²) in [4.78, 5) is 5.47. The van der Waals surface area contributed by atoms with E-state index >= 15 is 0 Å². The molecule has 1 atom stereocenters. The Hall–Kier alpha value is -0.720. The summed E-state index contributed by atoms with van der Waals surface area (Å²) in [6.07, 6.45) is 2.33. The molecule has 0 amide bonds. The quantitative estimate of drug-likeness (QED) is 0.917. The fourth-order valence-electron chi connectivity index (χ4n) is 1.76. The molecule has 0 aromatic carbocycles. The average molecular weight is 329 g/mol. The third-order valence-corrected chi connectivity index (χ3v) is 4.41. The molecule has 2 aromatic rings. The lowest BCUT2D eigenvalue weighted by atomic mass is 10.1. The first kappa shape index (κ1) is 13.7.